The van der Waals surface area contributed by atoms with E-state index in [1.165, 1.54) is 25.7 Å². The van der Waals surface area contributed by atoms with Crippen LogP contribution in [0.2, 0.25) is 0 Å². The Labute approximate surface area is 116 Å². The molecule has 0 spiro atoms. The summed E-state index contributed by atoms with van der Waals surface area (Å²) in [6.45, 7) is 3.09. The van der Waals surface area contributed by atoms with Crippen molar-refractivity contribution in [2.45, 2.75) is 58.0 Å². The van der Waals surface area contributed by atoms with Crippen LogP contribution in [0.3, 0.4) is 0 Å². The molecule has 0 unspecified atom stereocenters. The van der Waals surface area contributed by atoms with Gasteiger partial charge < -0.3 is 19.3 Å². The SMILES string of the molecule is CCCCCCCC[C@@H](OCOCCOC)C(=O)O. The Balaban J connectivity index is 3.54. The molecule has 0 aromatic carbocycles. The zero-order valence-corrected chi connectivity index (χ0v) is 12.2. The van der Waals surface area contributed by atoms with E-state index in [0.29, 0.717) is 19.6 Å². The van der Waals surface area contributed by atoms with Crippen LogP contribution in [0.25, 0.3) is 0 Å². The molecule has 0 heterocycles. The highest BCUT2D eigenvalue weighted by Gasteiger charge is 2.17. The molecule has 1 N–H and O–H groups in total. The molecule has 0 radical (unpaired) electrons. The molecule has 0 aliphatic carbocycles. The van der Waals surface area contributed by atoms with Crippen molar-refractivity contribution in [3.63, 3.8) is 0 Å². The van der Waals surface area contributed by atoms with Crippen molar-refractivity contribution in [1.82, 2.24) is 0 Å². The second-order valence-corrected chi connectivity index (χ2v) is 4.57. The highest BCUT2D eigenvalue weighted by molar-refractivity contribution is 5.72. The van der Waals surface area contributed by atoms with Crippen LogP contribution in [0.5, 0.6) is 0 Å². The normalized spacial score (nSPS) is 12.5. The van der Waals surface area contributed by atoms with Gasteiger partial charge in [0.15, 0.2) is 6.10 Å². The Kier molecular flexibility index (Phi) is 13.3. The van der Waals surface area contributed by atoms with Crippen molar-refractivity contribution in [2.75, 3.05) is 27.1 Å². The summed E-state index contributed by atoms with van der Waals surface area (Å²) in [7, 11) is 1.59. The van der Waals surface area contributed by atoms with Crippen LogP contribution in [-0.4, -0.2) is 44.3 Å². The molecule has 0 amide bonds. The molecule has 0 rings (SSSR count). The molecular formula is C14H28O5. The summed E-state index contributed by atoms with van der Waals surface area (Å²) >= 11 is 0. The first-order chi connectivity index (χ1) is 9.22. The molecule has 0 aliphatic rings. The fraction of sp³-hybridized carbons (Fsp3) is 0.929. The van der Waals surface area contributed by atoms with Crippen LogP contribution in [-0.2, 0) is 19.0 Å². The van der Waals surface area contributed by atoms with Gasteiger partial charge in [-0.25, -0.2) is 4.79 Å². The molecular weight excluding hydrogens is 248 g/mol. The summed E-state index contributed by atoms with van der Waals surface area (Å²) in [4.78, 5) is 11.0. The predicted molar refractivity (Wildman–Crippen MR) is 73.2 cm³/mol. The Morgan fingerprint density at radius 2 is 1.79 bits per heavy atom. The summed E-state index contributed by atoms with van der Waals surface area (Å²) in [6.07, 6.45) is 6.63. The van der Waals surface area contributed by atoms with Crippen molar-refractivity contribution in [3.05, 3.63) is 0 Å². The number of unbranched alkanes of at least 4 members (excludes halogenated alkanes) is 5. The third-order valence-electron chi connectivity index (χ3n) is 2.88. The molecule has 0 aromatic heterocycles. The summed E-state index contributed by atoms with van der Waals surface area (Å²) < 4.78 is 15.1. The zero-order chi connectivity index (χ0) is 14.3. The maximum atomic E-state index is 11.0. The topological polar surface area (TPSA) is 65.0 Å². The number of carbonyl (C=O) groups is 1. The van der Waals surface area contributed by atoms with E-state index in [-0.39, 0.29) is 6.79 Å². The van der Waals surface area contributed by atoms with Gasteiger partial charge in [0, 0.05) is 7.11 Å². The van der Waals surface area contributed by atoms with Crippen molar-refractivity contribution >= 4 is 5.97 Å². The largest absolute Gasteiger partial charge is 0.479 e. The lowest BCUT2D eigenvalue weighted by molar-refractivity contribution is -0.162. The Hall–Kier alpha value is -0.650. The van der Waals surface area contributed by atoms with Crippen LogP contribution in [0.4, 0.5) is 0 Å². The first kappa shape index (κ1) is 18.4. The Morgan fingerprint density at radius 3 is 2.42 bits per heavy atom. The average molecular weight is 276 g/mol. The van der Waals surface area contributed by atoms with Gasteiger partial charge in [0.1, 0.15) is 6.79 Å². The highest BCUT2D eigenvalue weighted by Crippen LogP contribution is 2.10. The van der Waals surface area contributed by atoms with Crippen LogP contribution in [0, 0.1) is 0 Å². The molecule has 0 fully saturated rings. The van der Waals surface area contributed by atoms with E-state index >= 15 is 0 Å². The maximum Gasteiger partial charge on any atom is 0.332 e. The average Bonchev–Trinajstić information content (AvgIpc) is 2.39. The maximum absolute atomic E-state index is 11.0. The molecule has 5 nitrogen and oxygen atoms in total. The number of carboxylic acid groups (broad SMARTS) is 1. The first-order valence-electron chi connectivity index (χ1n) is 7.13. The van der Waals surface area contributed by atoms with Gasteiger partial charge in [-0.05, 0) is 6.42 Å². The third-order valence-corrected chi connectivity index (χ3v) is 2.88. The summed E-state index contributed by atoms with van der Waals surface area (Å²) in [5, 5.41) is 9.01. The minimum atomic E-state index is -0.913. The molecule has 0 aliphatic heterocycles. The fourth-order valence-corrected chi connectivity index (χ4v) is 1.72. The molecule has 5 heteroatoms. The number of carboxylic acids is 1. The van der Waals surface area contributed by atoms with Crippen LogP contribution < -0.4 is 0 Å². The second-order valence-electron chi connectivity index (χ2n) is 4.57. The third kappa shape index (κ3) is 12.1. The van der Waals surface area contributed by atoms with Gasteiger partial charge in [-0.2, -0.15) is 0 Å². The van der Waals surface area contributed by atoms with Crippen LogP contribution in [0.1, 0.15) is 51.9 Å². The van der Waals surface area contributed by atoms with Gasteiger partial charge in [0.2, 0.25) is 0 Å². The van der Waals surface area contributed by atoms with Gasteiger partial charge in [0.25, 0.3) is 0 Å². The highest BCUT2D eigenvalue weighted by atomic mass is 16.7. The molecule has 114 valence electrons. The van der Waals surface area contributed by atoms with Crippen LogP contribution >= 0.6 is 0 Å². The van der Waals surface area contributed by atoms with E-state index in [4.69, 9.17) is 19.3 Å². The minimum Gasteiger partial charge on any atom is -0.479 e. The van der Waals surface area contributed by atoms with Crippen LogP contribution in [0.15, 0.2) is 0 Å². The van der Waals surface area contributed by atoms with E-state index in [1.54, 1.807) is 7.11 Å². The summed E-state index contributed by atoms with van der Waals surface area (Å²) in [5.41, 5.74) is 0. The molecule has 0 saturated carbocycles. The molecule has 0 bridgehead atoms. The van der Waals surface area contributed by atoms with Gasteiger partial charge in [-0.1, -0.05) is 45.4 Å². The summed E-state index contributed by atoms with van der Waals surface area (Å²) in [6, 6.07) is 0. The molecule has 0 aromatic rings. The van der Waals surface area contributed by atoms with E-state index in [9.17, 15) is 4.79 Å². The number of methoxy groups -OCH3 is 1. The number of hydrogen-bond acceptors (Lipinski definition) is 4. The van der Waals surface area contributed by atoms with E-state index < -0.39 is 12.1 Å². The lowest BCUT2D eigenvalue weighted by Gasteiger charge is -2.13. The van der Waals surface area contributed by atoms with Gasteiger partial charge >= 0.3 is 5.97 Å². The lowest BCUT2D eigenvalue weighted by Crippen LogP contribution is -2.25. The number of ether oxygens (including phenoxy) is 3. The predicted octanol–water partition coefficient (Wildman–Crippen LogP) is 2.83. The van der Waals surface area contributed by atoms with Gasteiger partial charge in [-0.15, -0.1) is 0 Å². The fourth-order valence-electron chi connectivity index (χ4n) is 1.72. The molecule has 19 heavy (non-hydrogen) atoms. The Bertz CT molecular complexity index is 208. The molecule has 1 atom stereocenters. The lowest BCUT2D eigenvalue weighted by atomic mass is 10.1. The van der Waals surface area contributed by atoms with E-state index in [1.807, 2.05) is 0 Å². The van der Waals surface area contributed by atoms with Gasteiger partial charge in [0.05, 0.1) is 13.2 Å². The smallest absolute Gasteiger partial charge is 0.332 e. The minimum absolute atomic E-state index is 0.0101. The van der Waals surface area contributed by atoms with Crippen molar-refractivity contribution in [3.8, 4) is 0 Å². The van der Waals surface area contributed by atoms with Crippen molar-refractivity contribution in [2.24, 2.45) is 0 Å². The van der Waals surface area contributed by atoms with Gasteiger partial charge in [-0.3, -0.25) is 0 Å². The summed E-state index contributed by atoms with van der Waals surface area (Å²) in [5.74, 6) is -0.913. The number of rotatable bonds is 14. The standard InChI is InChI=1S/C14H28O5/c1-3-4-5-6-7-8-9-13(14(15)16)19-12-18-11-10-17-2/h13H,3-12H2,1-2H3,(H,15,16)/t13-/m1/s1. The Morgan fingerprint density at radius 1 is 1.11 bits per heavy atom. The zero-order valence-electron chi connectivity index (χ0n) is 12.2. The molecule has 0 saturated heterocycles. The number of hydrogen-bond donors (Lipinski definition) is 1. The van der Waals surface area contributed by atoms with E-state index in [2.05, 4.69) is 6.92 Å². The van der Waals surface area contributed by atoms with E-state index in [0.717, 1.165) is 12.8 Å². The second kappa shape index (κ2) is 13.8. The number of aliphatic carboxylic acids is 1. The van der Waals surface area contributed by atoms with Crippen molar-refractivity contribution in [1.29, 1.82) is 0 Å². The quantitative estimate of drug-likeness (QED) is 0.390. The monoisotopic (exact) mass is 276 g/mol. The first-order valence-corrected chi connectivity index (χ1v) is 7.13. The van der Waals surface area contributed by atoms with Crippen molar-refractivity contribution < 1.29 is 24.1 Å².